The van der Waals surface area contributed by atoms with Gasteiger partial charge in [0.05, 0.1) is 6.07 Å². The van der Waals surface area contributed by atoms with Crippen LogP contribution in [0.25, 0.3) is 5.70 Å². The quantitative estimate of drug-likeness (QED) is 0.801. The molecule has 0 aromatic heterocycles. The van der Waals surface area contributed by atoms with E-state index in [1.54, 1.807) is 0 Å². The van der Waals surface area contributed by atoms with Crippen LogP contribution in [-0.4, -0.2) is 0 Å². The van der Waals surface area contributed by atoms with Crippen molar-refractivity contribution >= 4 is 5.70 Å². The Balaban J connectivity index is 3.51. The van der Waals surface area contributed by atoms with Gasteiger partial charge < -0.3 is 5.73 Å². The van der Waals surface area contributed by atoms with Crippen LogP contribution in [-0.2, 0) is 0 Å². The first-order valence-electron chi connectivity index (χ1n) is 5.97. The van der Waals surface area contributed by atoms with Crippen LogP contribution < -0.4 is 5.73 Å². The summed E-state index contributed by atoms with van der Waals surface area (Å²) < 4.78 is 0. The molecule has 0 aliphatic carbocycles. The summed E-state index contributed by atoms with van der Waals surface area (Å²) in [5.74, 6) is 0.795. The van der Waals surface area contributed by atoms with Crippen molar-refractivity contribution in [2.24, 2.45) is 5.73 Å². The number of hydrogen-bond acceptors (Lipinski definition) is 2. The highest BCUT2D eigenvalue weighted by atomic mass is 14.6. The minimum Gasteiger partial charge on any atom is -0.398 e. The minimum atomic E-state index is 0.398. The topological polar surface area (TPSA) is 49.8 Å². The molecule has 2 nitrogen and oxygen atoms in total. The van der Waals surface area contributed by atoms with Gasteiger partial charge >= 0.3 is 0 Å². The third-order valence-corrected chi connectivity index (χ3v) is 2.88. The van der Waals surface area contributed by atoms with Crippen molar-refractivity contribution in [3.63, 3.8) is 0 Å². The van der Waals surface area contributed by atoms with E-state index < -0.39 is 0 Å². The van der Waals surface area contributed by atoms with Gasteiger partial charge in [0.1, 0.15) is 0 Å². The third-order valence-electron chi connectivity index (χ3n) is 2.88. The fourth-order valence-corrected chi connectivity index (χ4v) is 2.03. The maximum atomic E-state index is 8.75. The molecule has 1 aromatic rings. The molecule has 0 atom stereocenters. The van der Waals surface area contributed by atoms with Gasteiger partial charge in [0.2, 0.25) is 0 Å². The molecule has 1 rings (SSSR count). The highest BCUT2D eigenvalue weighted by molar-refractivity contribution is 5.71. The predicted octanol–water partition coefficient (Wildman–Crippen LogP) is 3.76. The van der Waals surface area contributed by atoms with Crippen LogP contribution in [0.5, 0.6) is 0 Å². The van der Waals surface area contributed by atoms with Crippen LogP contribution in [0.1, 0.15) is 56.2 Å². The number of hydrogen-bond donors (Lipinski definition) is 1. The van der Waals surface area contributed by atoms with Crippen LogP contribution in [0.2, 0.25) is 0 Å². The second-order valence-electron chi connectivity index (χ2n) is 4.85. The predicted molar refractivity (Wildman–Crippen MR) is 72.4 cm³/mol. The van der Waals surface area contributed by atoms with Crippen molar-refractivity contribution in [3.8, 4) is 6.07 Å². The lowest BCUT2D eigenvalue weighted by atomic mass is 9.87. The lowest BCUT2D eigenvalue weighted by Crippen LogP contribution is -2.07. The summed E-state index contributed by atoms with van der Waals surface area (Å²) in [5, 5.41) is 8.75. The largest absolute Gasteiger partial charge is 0.398 e. The van der Waals surface area contributed by atoms with Crippen molar-refractivity contribution < 1.29 is 0 Å². The zero-order chi connectivity index (χ0) is 13.0. The Morgan fingerprint density at radius 2 is 1.65 bits per heavy atom. The molecule has 2 N–H and O–H groups in total. The number of rotatable bonds is 3. The maximum absolute atomic E-state index is 8.75. The van der Waals surface area contributed by atoms with E-state index >= 15 is 0 Å². The Morgan fingerprint density at radius 3 is 2.00 bits per heavy atom. The van der Waals surface area contributed by atoms with Crippen molar-refractivity contribution in [3.05, 3.63) is 41.0 Å². The average molecular weight is 228 g/mol. The number of benzene rings is 1. The van der Waals surface area contributed by atoms with Crippen LogP contribution >= 0.6 is 0 Å². The van der Waals surface area contributed by atoms with Gasteiger partial charge in [0.15, 0.2) is 0 Å². The fourth-order valence-electron chi connectivity index (χ4n) is 2.03. The number of nitrogens with two attached hydrogens (primary N) is 1. The van der Waals surface area contributed by atoms with Crippen LogP contribution in [0.15, 0.2) is 24.3 Å². The lowest BCUT2D eigenvalue weighted by Gasteiger charge is -2.19. The molecule has 0 aliphatic heterocycles. The molecule has 0 heterocycles. The molecule has 0 bridgehead atoms. The van der Waals surface area contributed by atoms with Crippen molar-refractivity contribution in [1.29, 1.82) is 5.26 Å². The molecule has 0 radical (unpaired) electrons. The van der Waals surface area contributed by atoms with Crippen molar-refractivity contribution in [1.82, 2.24) is 0 Å². The maximum Gasteiger partial charge on any atom is 0.0933 e. The van der Waals surface area contributed by atoms with Gasteiger partial charge in [-0.05, 0) is 23.0 Å². The molecule has 0 spiro atoms. The van der Waals surface area contributed by atoms with E-state index in [9.17, 15) is 0 Å². The standard InChI is InChI=1S/C15H20N2/c1-10(2)12-6-5-7-13(11(3)4)15(12)14(17)8-9-16/h5-8,10-11H,17H2,1-4H3/b14-8-. The molecule has 0 saturated heterocycles. The second kappa shape index (κ2) is 5.54. The molecule has 0 unspecified atom stereocenters. The Bertz CT molecular complexity index is 436. The fraction of sp³-hybridized carbons (Fsp3) is 0.400. The van der Waals surface area contributed by atoms with Crippen molar-refractivity contribution in [2.75, 3.05) is 0 Å². The molecule has 0 aliphatic rings. The Morgan fingerprint density at radius 1 is 1.18 bits per heavy atom. The first kappa shape index (κ1) is 13.3. The minimum absolute atomic E-state index is 0.398. The van der Waals surface area contributed by atoms with E-state index in [2.05, 4.69) is 45.9 Å². The zero-order valence-corrected chi connectivity index (χ0v) is 11.0. The Hall–Kier alpha value is -1.75. The number of allylic oxidation sites excluding steroid dienone is 1. The molecular formula is C15H20N2. The SMILES string of the molecule is CC(C)c1cccc(C(C)C)c1/C(N)=C/C#N. The van der Waals surface area contributed by atoms with E-state index in [0.717, 1.165) is 5.56 Å². The summed E-state index contributed by atoms with van der Waals surface area (Å²) in [6.07, 6.45) is 1.42. The Labute approximate surface area is 104 Å². The summed E-state index contributed by atoms with van der Waals surface area (Å²) in [7, 11) is 0. The summed E-state index contributed by atoms with van der Waals surface area (Å²) in [5.41, 5.74) is 10.0. The van der Waals surface area contributed by atoms with Gasteiger partial charge in [-0.25, -0.2) is 0 Å². The van der Waals surface area contributed by atoms with Gasteiger partial charge in [-0.1, -0.05) is 45.9 Å². The highest BCUT2D eigenvalue weighted by Gasteiger charge is 2.15. The summed E-state index contributed by atoms with van der Waals surface area (Å²) >= 11 is 0. The zero-order valence-electron chi connectivity index (χ0n) is 11.0. The highest BCUT2D eigenvalue weighted by Crippen LogP contribution is 2.30. The molecule has 2 heteroatoms. The average Bonchev–Trinajstić information content (AvgIpc) is 2.28. The van der Waals surface area contributed by atoms with Gasteiger partial charge in [0, 0.05) is 17.3 Å². The van der Waals surface area contributed by atoms with Gasteiger partial charge in [-0.15, -0.1) is 0 Å². The van der Waals surface area contributed by atoms with E-state index in [1.165, 1.54) is 17.2 Å². The lowest BCUT2D eigenvalue weighted by molar-refractivity contribution is 0.826. The van der Waals surface area contributed by atoms with Crippen LogP contribution in [0, 0.1) is 11.3 Å². The van der Waals surface area contributed by atoms with Crippen LogP contribution in [0.3, 0.4) is 0 Å². The summed E-state index contributed by atoms with van der Waals surface area (Å²) in [4.78, 5) is 0. The van der Waals surface area contributed by atoms with E-state index in [-0.39, 0.29) is 0 Å². The van der Waals surface area contributed by atoms with E-state index in [0.29, 0.717) is 17.5 Å². The molecule has 90 valence electrons. The first-order valence-corrected chi connectivity index (χ1v) is 5.97. The molecular weight excluding hydrogens is 208 g/mol. The first-order chi connectivity index (χ1) is 7.99. The van der Waals surface area contributed by atoms with Gasteiger partial charge in [0.25, 0.3) is 0 Å². The normalized spacial score (nSPS) is 11.9. The molecule has 0 amide bonds. The number of nitriles is 1. The molecule has 0 fully saturated rings. The van der Waals surface area contributed by atoms with Gasteiger partial charge in [-0.3, -0.25) is 0 Å². The van der Waals surface area contributed by atoms with Crippen LogP contribution in [0.4, 0.5) is 0 Å². The van der Waals surface area contributed by atoms with Crippen molar-refractivity contribution in [2.45, 2.75) is 39.5 Å². The molecule has 1 aromatic carbocycles. The van der Waals surface area contributed by atoms with E-state index in [1.807, 2.05) is 6.07 Å². The van der Waals surface area contributed by atoms with E-state index in [4.69, 9.17) is 11.0 Å². The smallest absolute Gasteiger partial charge is 0.0933 e. The third kappa shape index (κ3) is 2.88. The Kier molecular flexibility index (Phi) is 4.34. The van der Waals surface area contributed by atoms with Gasteiger partial charge in [-0.2, -0.15) is 5.26 Å². The molecule has 0 saturated carbocycles. The number of nitrogens with zero attached hydrogens (tertiary/aromatic N) is 1. The monoisotopic (exact) mass is 228 g/mol. The second-order valence-corrected chi connectivity index (χ2v) is 4.85. The molecule has 17 heavy (non-hydrogen) atoms. The summed E-state index contributed by atoms with van der Waals surface area (Å²) in [6.45, 7) is 8.57. The summed E-state index contributed by atoms with van der Waals surface area (Å²) in [6, 6.07) is 8.25.